The summed E-state index contributed by atoms with van der Waals surface area (Å²) >= 11 is 1.29. The lowest BCUT2D eigenvalue weighted by atomic mass is 10.2. The second-order valence-corrected chi connectivity index (χ2v) is 10.4. The average molecular weight is 440 g/mol. The van der Waals surface area contributed by atoms with E-state index < -0.39 is 21.7 Å². The maximum atomic E-state index is 12.1. The highest BCUT2D eigenvalue weighted by Gasteiger charge is 2.49. The van der Waals surface area contributed by atoms with Gasteiger partial charge in [-0.25, -0.2) is 8.42 Å². The number of anilines is 2. The van der Waals surface area contributed by atoms with E-state index in [1.807, 2.05) is 29.2 Å². The molecule has 1 aromatic rings. The number of sulfone groups is 1. The van der Waals surface area contributed by atoms with Crippen molar-refractivity contribution in [3.8, 4) is 0 Å². The number of nitrogens with zero attached hydrogens (tertiary/aromatic N) is 3. The van der Waals surface area contributed by atoms with Gasteiger partial charge in [0.2, 0.25) is 5.91 Å². The molecule has 0 bridgehead atoms. The first-order valence-corrected chi connectivity index (χ1v) is 12.3. The van der Waals surface area contributed by atoms with E-state index in [1.54, 1.807) is 0 Å². The lowest BCUT2D eigenvalue weighted by Crippen LogP contribution is -2.37. The van der Waals surface area contributed by atoms with Crippen LogP contribution in [0.3, 0.4) is 0 Å². The van der Waals surface area contributed by atoms with E-state index in [9.17, 15) is 18.0 Å². The summed E-state index contributed by atoms with van der Waals surface area (Å²) < 4.78 is 24.3. The molecule has 1 aromatic carbocycles. The Kier molecular flexibility index (Phi) is 6.52. The number of benzene rings is 1. The molecular weight excluding hydrogens is 414 g/mol. The van der Waals surface area contributed by atoms with Gasteiger partial charge < -0.3 is 14.9 Å². The highest BCUT2D eigenvalue weighted by atomic mass is 32.2. The summed E-state index contributed by atoms with van der Waals surface area (Å²) in [5.41, 5.74) is 1.85. The lowest BCUT2D eigenvalue weighted by Gasteiger charge is -2.26. The van der Waals surface area contributed by atoms with E-state index in [4.69, 9.17) is 5.11 Å². The number of aliphatic carboxylic acids is 1. The standard InChI is InChI=1S/C19H25N3O5S2/c1-3-21(4-2)13-5-7-14(8-6-13)22-15-11-29(26,27)12-16(15)28-19(22)20-17(23)9-10-18(24)25/h5-8,15-16H,3-4,9-12H2,1-2H3,(H,24,25)/t15-,16-/m1/s1. The monoisotopic (exact) mass is 439 g/mol. The van der Waals surface area contributed by atoms with Gasteiger partial charge in [-0.1, -0.05) is 11.8 Å². The summed E-state index contributed by atoms with van der Waals surface area (Å²) in [6.07, 6.45) is -0.457. The summed E-state index contributed by atoms with van der Waals surface area (Å²) in [4.78, 5) is 31.0. The molecule has 10 heteroatoms. The second-order valence-electron chi connectivity index (χ2n) is 7.04. The molecule has 0 aliphatic carbocycles. The maximum absolute atomic E-state index is 12.1. The van der Waals surface area contributed by atoms with Crippen molar-refractivity contribution in [3.63, 3.8) is 0 Å². The molecule has 2 aliphatic heterocycles. The molecule has 1 N–H and O–H groups in total. The molecule has 158 valence electrons. The molecule has 1 amide bonds. The summed E-state index contributed by atoms with van der Waals surface area (Å²) in [7, 11) is -3.14. The van der Waals surface area contributed by atoms with Crippen molar-refractivity contribution in [2.45, 2.75) is 38.0 Å². The molecule has 8 nitrogen and oxygen atoms in total. The van der Waals surface area contributed by atoms with Crippen LogP contribution >= 0.6 is 11.8 Å². The Morgan fingerprint density at radius 2 is 1.83 bits per heavy atom. The Hall–Kier alpha value is -2.07. The van der Waals surface area contributed by atoms with Crippen molar-refractivity contribution in [1.82, 2.24) is 0 Å². The van der Waals surface area contributed by atoms with Crippen LogP contribution in [0.25, 0.3) is 0 Å². The molecule has 0 aromatic heterocycles. The number of amides is 1. The molecule has 0 spiro atoms. The van der Waals surface area contributed by atoms with Gasteiger partial charge in [-0.2, -0.15) is 4.99 Å². The molecular formula is C19H25N3O5S2. The van der Waals surface area contributed by atoms with Crippen LogP contribution in [-0.4, -0.2) is 66.5 Å². The first kappa shape index (κ1) is 21.6. The predicted octanol–water partition coefficient (Wildman–Crippen LogP) is 2.00. The molecule has 0 radical (unpaired) electrons. The van der Waals surface area contributed by atoms with Gasteiger partial charge in [0.1, 0.15) is 0 Å². The topological polar surface area (TPSA) is 107 Å². The zero-order chi connectivity index (χ0) is 21.2. The quantitative estimate of drug-likeness (QED) is 0.687. The normalized spacial score (nSPS) is 23.9. The Labute approximate surface area is 174 Å². The van der Waals surface area contributed by atoms with Gasteiger partial charge in [0.05, 0.1) is 24.0 Å². The summed E-state index contributed by atoms with van der Waals surface area (Å²) in [5.74, 6) is -1.49. The van der Waals surface area contributed by atoms with E-state index in [1.165, 1.54) is 11.8 Å². The molecule has 29 heavy (non-hydrogen) atoms. The maximum Gasteiger partial charge on any atom is 0.303 e. The smallest absolute Gasteiger partial charge is 0.303 e. The molecule has 2 atom stereocenters. The van der Waals surface area contributed by atoms with Crippen LogP contribution in [0, 0.1) is 0 Å². The van der Waals surface area contributed by atoms with Crippen LogP contribution in [0.2, 0.25) is 0 Å². The van der Waals surface area contributed by atoms with Gasteiger partial charge >= 0.3 is 5.97 Å². The fourth-order valence-corrected chi connectivity index (χ4v) is 7.59. The van der Waals surface area contributed by atoms with E-state index >= 15 is 0 Å². The first-order valence-electron chi connectivity index (χ1n) is 9.58. The Morgan fingerprint density at radius 3 is 2.41 bits per heavy atom. The minimum absolute atomic E-state index is 0.0187. The lowest BCUT2D eigenvalue weighted by molar-refractivity contribution is -0.138. The first-order chi connectivity index (χ1) is 13.7. The average Bonchev–Trinajstić information content (AvgIpc) is 3.12. The van der Waals surface area contributed by atoms with E-state index in [0.717, 1.165) is 24.5 Å². The minimum Gasteiger partial charge on any atom is -0.481 e. The Balaban J connectivity index is 1.90. The van der Waals surface area contributed by atoms with Gasteiger partial charge in [0.25, 0.3) is 0 Å². The van der Waals surface area contributed by atoms with Gasteiger partial charge in [-0.3, -0.25) is 9.59 Å². The van der Waals surface area contributed by atoms with Crippen LogP contribution < -0.4 is 9.80 Å². The molecule has 2 fully saturated rings. The second kappa shape index (κ2) is 8.74. The number of carbonyl (C=O) groups excluding carboxylic acids is 1. The summed E-state index contributed by atoms with van der Waals surface area (Å²) in [5, 5.41) is 9.03. The zero-order valence-corrected chi connectivity index (χ0v) is 18.1. The fourth-order valence-electron chi connectivity index (χ4n) is 3.66. The summed E-state index contributed by atoms with van der Waals surface area (Å²) in [6.45, 7) is 5.91. The van der Waals surface area contributed by atoms with Gasteiger partial charge in [-0.15, -0.1) is 0 Å². The molecule has 2 saturated heterocycles. The van der Waals surface area contributed by atoms with Crippen molar-refractivity contribution in [2.24, 2.45) is 4.99 Å². The SMILES string of the molecule is CCN(CC)c1ccc(N2C(=NC(=O)CCC(=O)O)S[C@@H]3CS(=O)(=O)C[C@H]32)cc1. The number of aliphatic imine (C=N–C) groups is 1. The van der Waals surface area contributed by atoms with Crippen molar-refractivity contribution in [2.75, 3.05) is 34.4 Å². The fraction of sp³-hybridized carbons (Fsp3) is 0.526. The van der Waals surface area contributed by atoms with Gasteiger partial charge in [0, 0.05) is 36.1 Å². The van der Waals surface area contributed by atoms with Crippen LogP contribution in [0.4, 0.5) is 11.4 Å². The van der Waals surface area contributed by atoms with Crippen LogP contribution in [0.5, 0.6) is 0 Å². The molecule has 3 rings (SSSR count). The number of carboxylic acid groups (broad SMARTS) is 1. The molecule has 0 saturated carbocycles. The number of carbonyl (C=O) groups is 2. The summed E-state index contributed by atoms with van der Waals surface area (Å²) in [6, 6.07) is 7.51. The van der Waals surface area contributed by atoms with Crippen molar-refractivity contribution >= 4 is 50.0 Å². The van der Waals surface area contributed by atoms with Crippen LogP contribution in [-0.2, 0) is 19.4 Å². The number of fused-ring (bicyclic) bond motifs is 1. The largest absolute Gasteiger partial charge is 0.481 e. The number of rotatable bonds is 7. The van der Waals surface area contributed by atoms with E-state index in [-0.39, 0.29) is 35.6 Å². The van der Waals surface area contributed by atoms with Crippen LogP contribution in [0.1, 0.15) is 26.7 Å². The van der Waals surface area contributed by atoms with Gasteiger partial charge in [0.15, 0.2) is 15.0 Å². The molecule has 0 unspecified atom stereocenters. The van der Waals surface area contributed by atoms with Crippen molar-refractivity contribution in [1.29, 1.82) is 0 Å². The third kappa shape index (κ3) is 4.92. The van der Waals surface area contributed by atoms with E-state index in [2.05, 4.69) is 23.7 Å². The Morgan fingerprint density at radius 1 is 1.17 bits per heavy atom. The number of amidine groups is 1. The minimum atomic E-state index is -3.14. The highest BCUT2D eigenvalue weighted by Crippen LogP contribution is 2.41. The zero-order valence-electron chi connectivity index (χ0n) is 16.4. The molecule has 2 heterocycles. The number of hydrogen-bond acceptors (Lipinski definition) is 6. The van der Waals surface area contributed by atoms with Crippen molar-refractivity contribution < 1.29 is 23.1 Å². The predicted molar refractivity (Wildman–Crippen MR) is 116 cm³/mol. The van der Waals surface area contributed by atoms with E-state index in [0.29, 0.717) is 5.17 Å². The van der Waals surface area contributed by atoms with Crippen molar-refractivity contribution in [3.05, 3.63) is 24.3 Å². The Bertz CT molecular complexity index is 910. The number of carboxylic acids is 1. The third-order valence-electron chi connectivity index (χ3n) is 5.10. The molecule has 2 aliphatic rings. The third-order valence-corrected chi connectivity index (χ3v) is 8.31. The van der Waals surface area contributed by atoms with Gasteiger partial charge in [-0.05, 0) is 38.1 Å². The number of hydrogen-bond donors (Lipinski definition) is 1. The highest BCUT2D eigenvalue weighted by molar-refractivity contribution is 8.16. The van der Waals surface area contributed by atoms with Crippen LogP contribution in [0.15, 0.2) is 29.3 Å². The number of thioether (sulfide) groups is 1.